The highest BCUT2D eigenvalue weighted by Crippen LogP contribution is 2.43. The minimum atomic E-state index is -0.165. The molecule has 2 aromatic heterocycles. The van der Waals surface area contributed by atoms with E-state index < -0.39 is 0 Å². The lowest BCUT2D eigenvalue weighted by atomic mass is 9.74. The van der Waals surface area contributed by atoms with Gasteiger partial charge in [0.15, 0.2) is 5.82 Å². The highest BCUT2D eigenvalue weighted by Gasteiger charge is 2.48. The van der Waals surface area contributed by atoms with E-state index in [-0.39, 0.29) is 17.3 Å². The second kappa shape index (κ2) is 7.99. The number of piperidine rings is 1. The Morgan fingerprint density at radius 3 is 2.57 bits per heavy atom. The molecule has 160 valence electrons. The summed E-state index contributed by atoms with van der Waals surface area (Å²) in [6.07, 6.45) is 6.58. The molecule has 2 aliphatic rings. The predicted octanol–water partition coefficient (Wildman–Crippen LogP) is 0.744. The molecule has 12 heteroatoms. The van der Waals surface area contributed by atoms with Gasteiger partial charge in [-0.15, -0.1) is 0 Å². The molecule has 10 N–H and O–H groups in total. The van der Waals surface area contributed by atoms with E-state index in [0.717, 1.165) is 42.3 Å². The number of aromatic nitrogens is 3. The van der Waals surface area contributed by atoms with Crippen LogP contribution in [0, 0.1) is 5.41 Å². The summed E-state index contributed by atoms with van der Waals surface area (Å²) in [6, 6.07) is 1.60. The molecule has 0 amide bonds. The van der Waals surface area contributed by atoms with E-state index in [1.165, 1.54) is 18.0 Å². The van der Waals surface area contributed by atoms with Crippen molar-refractivity contribution in [2.45, 2.75) is 28.8 Å². The molecule has 0 radical (unpaired) electrons. The monoisotopic (exact) mass is 448 g/mol. The topological polar surface area (TPSA) is 175 Å². The summed E-state index contributed by atoms with van der Waals surface area (Å²) >= 11 is 7.52. The zero-order valence-corrected chi connectivity index (χ0v) is 17.9. The Balaban J connectivity index is 1.46. The van der Waals surface area contributed by atoms with Gasteiger partial charge in [-0.05, 0) is 18.9 Å². The van der Waals surface area contributed by atoms with Gasteiger partial charge in [0.1, 0.15) is 16.7 Å². The van der Waals surface area contributed by atoms with Crippen molar-refractivity contribution in [1.29, 1.82) is 0 Å². The first-order chi connectivity index (χ1) is 14.3. The standard InChI is InChI=1S/C18H25ClN10S/c19-13-11(1-4-25-15(13)22)30-17-16(23)27-12(8-26-17)28-5-2-18(3-6-28)9-29(24)10(7-20)14(18)21/h1,4,7-8,14H,2-3,5-6,9,20-21,24H2,(H2,22,25)(H2,23,27)/b10-7-. The van der Waals surface area contributed by atoms with E-state index in [0.29, 0.717) is 22.4 Å². The molecule has 0 aromatic carbocycles. The third-order valence-corrected chi connectivity index (χ3v) is 7.47. The van der Waals surface area contributed by atoms with Gasteiger partial charge in [0.05, 0.1) is 23.0 Å². The number of hydrazine groups is 1. The highest BCUT2D eigenvalue weighted by molar-refractivity contribution is 7.99. The SMILES string of the molecule is N/C=C1/C(N)C2(CCN(c3cnc(Sc4ccnc(N)c4Cl)c(N)n3)CC2)CN1N. The van der Waals surface area contributed by atoms with Gasteiger partial charge in [0.2, 0.25) is 0 Å². The number of nitrogens with two attached hydrogens (primary N) is 5. The highest BCUT2D eigenvalue weighted by atomic mass is 35.5. The molecular formula is C18H25ClN10S. The van der Waals surface area contributed by atoms with Crippen LogP contribution in [0.2, 0.25) is 5.02 Å². The Bertz CT molecular complexity index is 975. The Morgan fingerprint density at radius 1 is 1.20 bits per heavy atom. The maximum Gasteiger partial charge on any atom is 0.158 e. The number of nitrogen functional groups attached to an aromatic ring is 2. The molecule has 0 aliphatic carbocycles. The quantitative estimate of drug-likeness (QED) is 0.418. The number of pyridine rings is 1. The van der Waals surface area contributed by atoms with E-state index in [1.54, 1.807) is 23.5 Å². The van der Waals surface area contributed by atoms with Crippen LogP contribution in [-0.4, -0.2) is 45.6 Å². The largest absolute Gasteiger partial charge is 0.403 e. The molecule has 4 rings (SSSR count). The number of nitrogens with zero attached hydrogens (tertiary/aromatic N) is 5. The maximum absolute atomic E-state index is 6.45. The first-order valence-corrected chi connectivity index (χ1v) is 10.7. The van der Waals surface area contributed by atoms with Crippen LogP contribution < -0.4 is 33.7 Å². The molecule has 10 nitrogen and oxygen atoms in total. The van der Waals surface area contributed by atoms with Crippen LogP contribution in [0.5, 0.6) is 0 Å². The molecule has 30 heavy (non-hydrogen) atoms. The lowest BCUT2D eigenvalue weighted by molar-refractivity contribution is 0.195. The van der Waals surface area contributed by atoms with Crippen LogP contribution in [-0.2, 0) is 0 Å². The van der Waals surface area contributed by atoms with Gasteiger partial charge in [-0.2, -0.15) is 0 Å². The van der Waals surface area contributed by atoms with Crippen molar-refractivity contribution >= 4 is 40.8 Å². The van der Waals surface area contributed by atoms with Crippen LogP contribution in [0.15, 0.2) is 40.3 Å². The van der Waals surface area contributed by atoms with Gasteiger partial charge < -0.3 is 32.8 Å². The summed E-state index contributed by atoms with van der Waals surface area (Å²) < 4.78 is 0. The lowest BCUT2D eigenvalue weighted by Gasteiger charge is -2.41. The summed E-state index contributed by atoms with van der Waals surface area (Å²) in [6.45, 7) is 2.27. The molecule has 1 atom stereocenters. The fourth-order valence-corrected chi connectivity index (χ4v) is 5.12. The molecular weight excluding hydrogens is 424 g/mol. The minimum Gasteiger partial charge on any atom is -0.403 e. The van der Waals surface area contributed by atoms with Gasteiger partial charge in [-0.3, -0.25) is 0 Å². The van der Waals surface area contributed by atoms with Gasteiger partial charge in [-0.1, -0.05) is 23.4 Å². The van der Waals surface area contributed by atoms with Crippen molar-refractivity contribution in [3.8, 4) is 0 Å². The number of halogens is 1. The zero-order chi connectivity index (χ0) is 21.5. The van der Waals surface area contributed by atoms with Gasteiger partial charge in [-0.25, -0.2) is 20.8 Å². The van der Waals surface area contributed by atoms with Crippen molar-refractivity contribution in [2.24, 2.45) is 22.7 Å². The van der Waals surface area contributed by atoms with E-state index in [2.05, 4.69) is 19.9 Å². The summed E-state index contributed by atoms with van der Waals surface area (Å²) in [4.78, 5) is 15.9. The van der Waals surface area contributed by atoms with Crippen LogP contribution >= 0.6 is 23.4 Å². The van der Waals surface area contributed by atoms with E-state index in [9.17, 15) is 0 Å². The van der Waals surface area contributed by atoms with Crippen LogP contribution in [0.1, 0.15) is 12.8 Å². The summed E-state index contributed by atoms with van der Waals surface area (Å²) in [7, 11) is 0. The fraction of sp³-hybridized carbons (Fsp3) is 0.389. The normalized spacial score (nSPS) is 22.2. The number of anilines is 3. The summed E-state index contributed by atoms with van der Waals surface area (Å²) in [5.41, 5.74) is 24.8. The average molecular weight is 449 g/mol. The number of rotatable bonds is 3. The molecule has 2 saturated heterocycles. The van der Waals surface area contributed by atoms with E-state index in [4.69, 9.17) is 40.4 Å². The lowest BCUT2D eigenvalue weighted by Crippen LogP contribution is -2.49. The second-order valence-corrected chi connectivity index (χ2v) is 8.98. The van der Waals surface area contributed by atoms with Crippen LogP contribution in [0.3, 0.4) is 0 Å². The maximum atomic E-state index is 6.45. The third kappa shape index (κ3) is 3.58. The molecule has 2 aliphatic heterocycles. The second-order valence-electron chi connectivity index (χ2n) is 7.58. The van der Waals surface area contributed by atoms with Crippen LogP contribution in [0.25, 0.3) is 0 Å². The first kappa shape index (κ1) is 20.8. The van der Waals surface area contributed by atoms with Crippen LogP contribution in [0.4, 0.5) is 17.5 Å². The minimum absolute atomic E-state index is 0.0801. The molecule has 4 heterocycles. The Labute approximate surface area is 183 Å². The van der Waals surface area contributed by atoms with Crippen molar-refractivity contribution < 1.29 is 0 Å². The van der Waals surface area contributed by atoms with Gasteiger partial charge >= 0.3 is 0 Å². The molecule has 2 aromatic rings. The van der Waals surface area contributed by atoms with Gasteiger partial charge in [0.25, 0.3) is 0 Å². The van der Waals surface area contributed by atoms with Crippen molar-refractivity contribution in [2.75, 3.05) is 36.0 Å². The van der Waals surface area contributed by atoms with E-state index >= 15 is 0 Å². The van der Waals surface area contributed by atoms with E-state index in [1.807, 2.05) is 0 Å². The first-order valence-electron chi connectivity index (χ1n) is 9.49. The summed E-state index contributed by atoms with van der Waals surface area (Å²) in [5.74, 6) is 7.42. The average Bonchev–Trinajstić information content (AvgIpc) is 2.96. The van der Waals surface area contributed by atoms with Gasteiger partial charge in [0, 0.05) is 42.3 Å². The molecule has 1 unspecified atom stereocenters. The third-order valence-electron chi connectivity index (χ3n) is 5.89. The smallest absolute Gasteiger partial charge is 0.158 e. The Kier molecular flexibility index (Phi) is 5.53. The number of hydrogen-bond donors (Lipinski definition) is 5. The summed E-state index contributed by atoms with van der Waals surface area (Å²) in [5, 5.41) is 2.61. The molecule has 0 bridgehead atoms. The van der Waals surface area contributed by atoms with Crippen molar-refractivity contribution in [3.63, 3.8) is 0 Å². The molecule has 1 spiro atoms. The Morgan fingerprint density at radius 2 is 1.93 bits per heavy atom. The zero-order valence-electron chi connectivity index (χ0n) is 16.3. The molecule has 0 saturated carbocycles. The van der Waals surface area contributed by atoms with Crippen molar-refractivity contribution in [1.82, 2.24) is 20.0 Å². The molecule has 2 fully saturated rings. The predicted molar refractivity (Wildman–Crippen MR) is 119 cm³/mol. The van der Waals surface area contributed by atoms with Crippen molar-refractivity contribution in [3.05, 3.63) is 35.4 Å². The number of hydrogen-bond acceptors (Lipinski definition) is 11. The Hall–Kier alpha value is -2.47. The fourth-order valence-electron chi connectivity index (χ4n) is 4.11.